The van der Waals surface area contributed by atoms with E-state index in [9.17, 15) is 0 Å². The molecule has 0 heterocycles. The maximum atomic E-state index is 2.53. The van der Waals surface area contributed by atoms with Crippen molar-refractivity contribution in [1.82, 2.24) is 0 Å². The van der Waals surface area contributed by atoms with Gasteiger partial charge >= 0.3 is 0 Å². The quantitative estimate of drug-likeness (QED) is 0.443. The molecule has 2 aliphatic carbocycles. The van der Waals surface area contributed by atoms with Crippen molar-refractivity contribution < 1.29 is 0 Å². The van der Waals surface area contributed by atoms with Crippen LogP contribution in [0.3, 0.4) is 0 Å². The van der Waals surface area contributed by atoms with Gasteiger partial charge in [-0.3, -0.25) is 0 Å². The fourth-order valence-corrected chi connectivity index (χ4v) is 2.75. The van der Waals surface area contributed by atoms with Crippen LogP contribution >= 0.6 is 0 Å². The van der Waals surface area contributed by atoms with Crippen LogP contribution in [0.15, 0.2) is 23.8 Å². The van der Waals surface area contributed by atoms with E-state index in [1.807, 2.05) is 0 Å². The molecule has 0 amide bonds. The van der Waals surface area contributed by atoms with Gasteiger partial charge < -0.3 is 0 Å². The molecule has 0 heteroatoms. The van der Waals surface area contributed by atoms with Crippen LogP contribution in [-0.2, 0) is 0 Å². The summed E-state index contributed by atoms with van der Waals surface area (Å²) < 4.78 is 0. The number of allylic oxidation sites excluding steroid dienone is 4. The molecule has 0 radical (unpaired) electrons. The maximum Gasteiger partial charge on any atom is -0.00173 e. The molecule has 0 aromatic carbocycles. The second-order valence-electron chi connectivity index (χ2n) is 4.82. The summed E-state index contributed by atoms with van der Waals surface area (Å²) in [7, 11) is 0. The largest absolute Gasteiger partial charge is 0.0847 e. The molecule has 2 rings (SSSR count). The SMILES string of the molecule is CCCCCC/C=C1\CC2C=CC1C2. The van der Waals surface area contributed by atoms with Crippen LogP contribution in [0.5, 0.6) is 0 Å². The Labute approximate surface area is 88.1 Å². The van der Waals surface area contributed by atoms with Crippen LogP contribution in [0.25, 0.3) is 0 Å². The van der Waals surface area contributed by atoms with Crippen LogP contribution < -0.4 is 0 Å². The topological polar surface area (TPSA) is 0 Å². The van der Waals surface area contributed by atoms with Crippen LogP contribution in [-0.4, -0.2) is 0 Å². The third-order valence-electron chi connectivity index (χ3n) is 3.61. The first kappa shape index (κ1) is 10.0. The lowest BCUT2D eigenvalue weighted by atomic mass is 9.99. The minimum atomic E-state index is 0.839. The highest BCUT2D eigenvalue weighted by molar-refractivity contribution is 5.26. The summed E-state index contributed by atoms with van der Waals surface area (Å²) in [5.41, 5.74) is 1.74. The van der Waals surface area contributed by atoms with Gasteiger partial charge in [0.15, 0.2) is 0 Å². The van der Waals surface area contributed by atoms with Crippen molar-refractivity contribution in [2.45, 2.75) is 51.9 Å². The molecule has 0 aliphatic heterocycles. The van der Waals surface area contributed by atoms with E-state index in [0.717, 1.165) is 11.8 Å². The molecule has 1 saturated carbocycles. The molecule has 2 bridgehead atoms. The average Bonchev–Trinajstić information content (AvgIpc) is 2.79. The van der Waals surface area contributed by atoms with Gasteiger partial charge in [-0.1, -0.05) is 50.0 Å². The molecule has 1 fully saturated rings. The first-order valence-electron chi connectivity index (χ1n) is 6.27. The Hall–Kier alpha value is -0.520. The van der Waals surface area contributed by atoms with E-state index < -0.39 is 0 Å². The van der Waals surface area contributed by atoms with E-state index in [4.69, 9.17) is 0 Å². The zero-order valence-electron chi connectivity index (χ0n) is 9.34. The zero-order valence-corrected chi connectivity index (χ0v) is 9.34. The molecular formula is C14H22. The van der Waals surface area contributed by atoms with E-state index in [1.165, 1.54) is 44.9 Å². The number of hydrogen-bond acceptors (Lipinski definition) is 0. The Morgan fingerprint density at radius 2 is 2.21 bits per heavy atom. The molecular weight excluding hydrogens is 168 g/mol. The molecule has 0 nitrogen and oxygen atoms in total. The monoisotopic (exact) mass is 190 g/mol. The number of hydrogen-bond donors (Lipinski definition) is 0. The first-order valence-corrected chi connectivity index (χ1v) is 6.27. The van der Waals surface area contributed by atoms with Crippen molar-refractivity contribution >= 4 is 0 Å². The summed E-state index contributed by atoms with van der Waals surface area (Å²) in [5.74, 6) is 1.74. The molecule has 2 aliphatic rings. The van der Waals surface area contributed by atoms with E-state index in [2.05, 4.69) is 25.2 Å². The summed E-state index contributed by atoms with van der Waals surface area (Å²) in [6, 6.07) is 0. The molecule has 14 heavy (non-hydrogen) atoms. The summed E-state index contributed by atoms with van der Waals surface area (Å²) >= 11 is 0. The Bertz CT molecular complexity index is 234. The van der Waals surface area contributed by atoms with Gasteiger partial charge in [-0.15, -0.1) is 0 Å². The van der Waals surface area contributed by atoms with E-state index >= 15 is 0 Å². The van der Waals surface area contributed by atoms with Crippen molar-refractivity contribution in [3.05, 3.63) is 23.8 Å². The van der Waals surface area contributed by atoms with Gasteiger partial charge in [0.25, 0.3) is 0 Å². The van der Waals surface area contributed by atoms with Crippen LogP contribution in [0, 0.1) is 11.8 Å². The van der Waals surface area contributed by atoms with Crippen molar-refractivity contribution in [1.29, 1.82) is 0 Å². The third kappa shape index (κ3) is 2.29. The number of fused-ring (bicyclic) bond motifs is 2. The van der Waals surface area contributed by atoms with E-state index in [1.54, 1.807) is 5.57 Å². The van der Waals surface area contributed by atoms with Crippen molar-refractivity contribution in [3.63, 3.8) is 0 Å². The van der Waals surface area contributed by atoms with Gasteiger partial charge in [0.2, 0.25) is 0 Å². The molecule has 2 atom stereocenters. The Balaban J connectivity index is 1.69. The second kappa shape index (κ2) is 4.82. The predicted molar refractivity (Wildman–Crippen MR) is 62.2 cm³/mol. The van der Waals surface area contributed by atoms with Crippen molar-refractivity contribution in [2.75, 3.05) is 0 Å². The van der Waals surface area contributed by atoms with Gasteiger partial charge in [0, 0.05) is 0 Å². The summed E-state index contributed by atoms with van der Waals surface area (Å²) in [6.07, 6.45) is 17.1. The smallest absolute Gasteiger partial charge is 0.00173 e. The molecule has 0 spiro atoms. The highest BCUT2D eigenvalue weighted by Crippen LogP contribution is 2.43. The Morgan fingerprint density at radius 1 is 1.29 bits per heavy atom. The summed E-state index contributed by atoms with van der Waals surface area (Å²) in [5, 5.41) is 0. The van der Waals surface area contributed by atoms with Gasteiger partial charge in [-0.2, -0.15) is 0 Å². The second-order valence-corrected chi connectivity index (χ2v) is 4.82. The van der Waals surface area contributed by atoms with E-state index in [-0.39, 0.29) is 0 Å². The van der Waals surface area contributed by atoms with Gasteiger partial charge in [0.05, 0.1) is 0 Å². The summed E-state index contributed by atoms with van der Waals surface area (Å²) in [4.78, 5) is 0. The maximum absolute atomic E-state index is 2.53. The third-order valence-corrected chi connectivity index (χ3v) is 3.61. The first-order chi connectivity index (χ1) is 6.90. The van der Waals surface area contributed by atoms with E-state index in [0.29, 0.717) is 0 Å². The lowest BCUT2D eigenvalue weighted by molar-refractivity contribution is 0.670. The Morgan fingerprint density at radius 3 is 2.86 bits per heavy atom. The molecule has 78 valence electrons. The standard InChI is InChI=1S/C14H22/c1-2-3-4-5-6-7-13-10-12-8-9-14(13)11-12/h7-9,12,14H,2-6,10-11H2,1H3/b13-7+. The van der Waals surface area contributed by atoms with Crippen molar-refractivity contribution in [3.8, 4) is 0 Å². The fraction of sp³-hybridized carbons (Fsp3) is 0.714. The van der Waals surface area contributed by atoms with Crippen LogP contribution in [0.1, 0.15) is 51.9 Å². The number of rotatable bonds is 5. The lowest BCUT2D eigenvalue weighted by Crippen LogP contribution is -1.92. The van der Waals surface area contributed by atoms with Crippen LogP contribution in [0.2, 0.25) is 0 Å². The summed E-state index contributed by atoms with van der Waals surface area (Å²) in [6.45, 7) is 2.28. The number of unbranched alkanes of at least 4 members (excludes halogenated alkanes) is 4. The van der Waals surface area contributed by atoms with Gasteiger partial charge in [-0.05, 0) is 37.5 Å². The minimum Gasteiger partial charge on any atom is -0.0847 e. The zero-order chi connectivity index (χ0) is 9.80. The van der Waals surface area contributed by atoms with Gasteiger partial charge in [0.1, 0.15) is 0 Å². The molecule has 2 unspecified atom stereocenters. The Kier molecular flexibility index (Phi) is 3.44. The normalized spacial score (nSPS) is 31.9. The molecule has 0 N–H and O–H groups in total. The molecule has 0 aromatic heterocycles. The van der Waals surface area contributed by atoms with Gasteiger partial charge in [-0.25, -0.2) is 0 Å². The predicted octanol–water partition coefficient (Wildman–Crippen LogP) is 4.48. The highest BCUT2D eigenvalue weighted by Gasteiger charge is 2.29. The molecule has 0 aromatic rings. The highest BCUT2D eigenvalue weighted by atomic mass is 14.3. The average molecular weight is 190 g/mol. The van der Waals surface area contributed by atoms with Crippen molar-refractivity contribution in [2.24, 2.45) is 11.8 Å². The minimum absolute atomic E-state index is 0.839. The lowest BCUT2D eigenvalue weighted by Gasteiger charge is -2.07. The molecule has 0 saturated heterocycles. The fourth-order valence-electron chi connectivity index (χ4n) is 2.75. The van der Waals surface area contributed by atoms with Crippen LogP contribution in [0.4, 0.5) is 0 Å².